The van der Waals surface area contributed by atoms with E-state index >= 15 is 0 Å². The van der Waals surface area contributed by atoms with E-state index in [0.29, 0.717) is 36.0 Å². The van der Waals surface area contributed by atoms with Gasteiger partial charge < -0.3 is 26.0 Å². The van der Waals surface area contributed by atoms with Crippen molar-refractivity contribution in [1.29, 1.82) is 0 Å². The number of aromatic nitrogens is 3. The van der Waals surface area contributed by atoms with Crippen LogP contribution in [0.15, 0.2) is 30.6 Å². The molecule has 0 unspecified atom stereocenters. The fourth-order valence-electron chi connectivity index (χ4n) is 5.25. The molecule has 10 heteroatoms. The van der Waals surface area contributed by atoms with E-state index in [1.807, 2.05) is 51.8 Å². The molecule has 5 heterocycles. The number of hydrogen-bond acceptors (Lipinski definition) is 9. The van der Waals surface area contributed by atoms with Crippen LogP contribution in [0, 0.1) is 5.92 Å². The maximum atomic E-state index is 12.5. The molecule has 4 N–H and O–H groups in total. The predicted molar refractivity (Wildman–Crippen MR) is 149 cm³/mol. The summed E-state index contributed by atoms with van der Waals surface area (Å²) in [5, 5.41) is 8.60. The van der Waals surface area contributed by atoms with Crippen LogP contribution in [0.3, 0.4) is 0 Å². The van der Waals surface area contributed by atoms with Gasteiger partial charge in [0.05, 0.1) is 17.3 Å². The third-order valence-corrected chi connectivity index (χ3v) is 8.14. The maximum Gasteiger partial charge on any atom is 0.340 e. The van der Waals surface area contributed by atoms with Gasteiger partial charge in [-0.25, -0.2) is 19.7 Å². The maximum absolute atomic E-state index is 12.5. The van der Waals surface area contributed by atoms with Crippen LogP contribution in [-0.4, -0.2) is 56.5 Å². The summed E-state index contributed by atoms with van der Waals surface area (Å²) in [6, 6.07) is 5.61. The first-order valence-electron chi connectivity index (χ1n) is 13.6. The van der Waals surface area contributed by atoms with Crippen molar-refractivity contribution in [3.05, 3.63) is 47.4 Å². The van der Waals surface area contributed by atoms with Crippen molar-refractivity contribution in [3.63, 3.8) is 0 Å². The molecule has 1 saturated heterocycles. The monoisotopic (exact) mass is 529 g/mol. The molecule has 2 aliphatic heterocycles. The van der Waals surface area contributed by atoms with E-state index in [1.165, 1.54) is 0 Å². The number of carbonyl (C=O) groups is 2. The first kappa shape index (κ1) is 25.5. The van der Waals surface area contributed by atoms with Crippen LogP contribution in [-0.2, 0) is 15.1 Å². The van der Waals surface area contributed by atoms with E-state index in [2.05, 4.69) is 15.6 Å². The van der Waals surface area contributed by atoms with Gasteiger partial charge in [-0.05, 0) is 69.7 Å². The van der Waals surface area contributed by atoms with Gasteiger partial charge in [0.1, 0.15) is 23.1 Å². The van der Waals surface area contributed by atoms with Crippen molar-refractivity contribution in [1.82, 2.24) is 19.9 Å². The minimum absolute atomic E-state index is 0.0668. The number of pyridine rings is 3. The van der Waals surface area contributed by atoms with Crippen LogP contribution in [0.1, 0.15) is 75.0 Å². The summed E-state index contributed by atoms with van der Waals surface area (Å²) in [4.78, 5) is 40.8. The molecule has 3 aliphatic rings. The topological polar surface area (TPSA) is 135 Å². The van der Waals surface area contributed by atoms with Crippen molar-refractivity contribution < 1.29 is 14.3 Å². The number of fused-ring (bicyclic) bond motifs is 2. The summed E-state index contributed by atoms with van der Waals surface area (Å²) in [5.41, 5.74) is 7.34. The Kier molecular flexibility index (Phi) is 5.80. The highest BCUT2D eigenvalue weighted by Gasteiger charge is 2.41. The van der Waals surface area contributed by atoms with Gasteiger partial charge in [0.25, 0.3) is 0 Å². The second-order valence-electron chi connectivity index (χ2n) is 12.2. The van der Waals surface area contributed by atoms with Gasteiger partial charge in [-0.1, -0.05) is 6.92 Å². The van der Waals surface area contributed by atoms with E-state index in [0.717, 1.165) is 35.0 Å². The molecule has 0 radical (unpaired) electrons. The summed E-state index contributed by atoms with van der Waals surface area (Å²) in [7, 11) is 0. The van der Waals surface area contributed by atoms with Gasteiger partial charge in [-0.15, -0.1) is 0 Å². The Morgan fingerprint density at radius 3 is 2.56 bits per heavy atom. The highest BCUT2D eigenvalue weighted by atomic mass is 16.6. The Bertz CT molecular complexity index is 1490. The van der Waals surface area contributed by atoms with Crippen LogP contribution in [0.5, 0.6) is 0 Å². The third kappa shape index (κ3) is 4.67. The van der Waals surface area contributed by atoms with Crippen molar-refractivity contribution in [2.24, 2.45) is 11.7 Å². The number of nitrogens with one attached hydrogen (secondary N) is 2. The van der Waals surface area contributed by atoms with E-state index < -0.39 is 11.1 Å². The molecule has 204 valence electrons. The Balaban J connectivity index is 1.28. The number of nitrogens with zero attached hydrogens (tertiary/aromatic N) is 4. The summed E-state index contributed by atoms with van der Waals surface area (Å²) in [6.45, 7) is 11.1. The van der Waals surface area contributed by atoms with Crippen molar-refractivity contribution in [2.75, 3.05) is 23.7 Å². The molecule has 6 rings (SSSR count). The number of amides is 1. The fourth-order valence-corrected chi connectivity index (χ4v) is 5.25. The Morgan fingerprint density at radius 1 is 1.13 bits per heavy atom. The Labute approximate surface area is 227 Å². The van der Waals surface area contributed by atoms with Gasteiger partial charge >= 0.3 is 5.97 Å². The van der Waals surface area contributed by atoms with Gasteiger partial charge in [-0.2, -0.15) is 0 Å². The zero-order valence-electron chi connectivity index (χ0n) is 23.0. The average Bonchev–Trinajstić information content (AvgIpc) is 3.69. The minimum Gasteiger partial charge on any atom is -0.455 e. The molecule has 0 aromatic carbocycles. The lowest BCUT2D eigenvalue weighted by atomic mass is 9.84. The molecule has 2 fully saturated rings. The van der Waals surface area contributed by atoms with Gasteiger partial charge in [-0.3, -0.25) is 4.79 Å². The van der Waals surface area contributed by atoms with Crippen molar-refractivity contribution in [2.45, 2.75) is 70.6 Å². The van der Waals surface area contributed by atoms with Crippen LogP contribution in [0.25, 0.3) is 10.8 Å². The number of hydrogen-bond donors (Lipinski definition) is 3. The standard InChI is InChI=1S/C29H35N7O3/c1-15-24-18(27(38)39-29(15,4)5)8-9-22(35-24)34-23-10-19-20(11-31-23)25(32-12-21(19)28(2,3)30)33-17-13-36(14-17)26(37)16-6-7-16/h8-12,15-17H,6-7,13-14,30H2,1-5H3,(H,32,33)(H,31,34,35)/t15-/m1/s1. The van der Waals surface area contributed by atoms with Gasteiger partial charge in [0, 0.05) is 48.2 Å². The van der Waals surface area contributed by atoms with Crippen LogP contribution in [0.4, 0.5) is 17.5 Å². The normalized spacial score (nSPS) is 20.7. The van der Waals surface area contributed by atoms with E-state index in [4.69, 9.17) is 20.4 Å². The predicted octanol–water partition coefficient (Wildman–Crippen LogP) is 4.05. The largest absolute Gasteiger partial charge is 0.455 e. The first-order chi connectivity index (χ1) is 18.4. The highest BCUT2D eigenvalue weighted by Crippen LogP contribution is 2.38. The number of ether oxygens (including phenoxy) is 1. The Morgan fingerprint density at radius 2 is 1.87 bits per heavy atom. The SMILES string of the molecule is C[C@@H]1c2nc(Nc3cc4c(C(C)(C)N)cnc(NC5CN(C(=O)C6CC6)C5)c4cn3)ccc2C(=O)OC1(C)C. The lowest BCUT2D eigenvalue weighted by Gasteiger charge is -2.40. The number of rotatable bonds is 6. The van der Waals surface area contributed by atoms with Crippen molar-refractivity contribution >= 4 is 40.1 Å². The molecule has 39 heavy (non-hydrogen) atoms. The van der Waals surface area contributed by atoms with Crippen LogP contribution < -0.4 is 16.4 Å². The van der Waals surface area contributed by atoms with Gasteiger partial charge in [0.2, 0.25) is 5.91 Å². The molecule has 3 aromatic heterocycles. The summed E-state index contributed by atoms with van der Waals surface area (Å²) < 4.78 is 5.59. The zero-order valence-corrected chi connectivity index (χ0v) is 23.0. The highest BCUT2D eigenvalue weighted by molar-refractivity contribution is 5.96. The molecular formula is C29H35N7O3. The number of likely N-dealkylation sites (tertiary alicyclic amines) is 1. The molecule has 1 amide bonds. The second kappa shape index (κ2) is 8.87. The average molecular weight is 530 g/mol. The summed E-state index contributed by atoms with van der Waals surface area (Å²) >= 11 is 0. The smallest absolute Gasteiger partial charge is 0.340 e. The van der Waals surface area contributed by atoms with Gasteiger partial charge in [0.15, 0.2) is 0 Å². The number of anilines is 3. The molecular weight excluding hydrogens is 494 g/mol. The minimum atomic E-state index is -0.641. The third-order valence-electron chi connectivity index (χ3n) is 8.14. The molecule has 1 saturated carbocycles. The number of esters is 1. The first-order valence-corrected chi connectivity index (χ1v) is 13.6. The molecule has 0 spiro atoms. The number of nitrogens with two attached hydrogens (primary N) is 1. The summed E-state index contributed by atoms with van der Waals surface area (Å²) in [6.07, 6.45) is 5.63. The van der Waals surface area contributed by atoms with Crippen LogP contribution >= 0.6 is 0 Å². The molecule has 1 aliphatic carbocycles. The lowest BCUT2D eigenvalue weighted by molar-refractivity contribution is -0.136. The lowest BCUT2D eigenvalue weighted by Crippen LogP contribution is -2.57. The molecule has 1 atom stereocenters. The quantitative estimate of drug-likeness (QED) is 0.404. The summed E-state index contributed by atoms with van der Waals surface area (Å²) in [5.74, 6) is 2.00. The second-order valence-corrected chi connectivity index (χ2v) is 12.2. The fraction of sp³-hybridized carbons (Fsp3) is 0.483. The zero-order chi connectivity index (χ0) is 27.7. The number of cyclic esters (lactones) is 1. The van der Waals surface area contributed by atoms with E-state index in [1.54, 1.807) is 18.3 Å². The molecule has 3 aromatic rings. The molecule has 10 nitrogen and oxygen atoms in total. The van der Waals surface area contributed by atoms with Crippen molar-refractivity contribution in [3.8, 4) is 0 Å². The van der Waals surface area contributed by atoms with Crippen LogP contribution in [0.2, 0.25) is 0 Å². The Hall–Kier alpha value is -3.79. The number of carbonyl (C=O) groups excluding carboxylic acids is 2. The van der Waals surface area contributed by atoms with E-state index in [-0.39, 0.29) is 29.8 Å². The van der Waals surface area contributed by atoms with E-state index in [9.17, 15) is 9.59 Å². The molecule has 0 bridgehead atoms.